The van der Waals surface area contributed by atoms with Crippen LogP contribution in [0.3, 0.4) is 0 Å². The molecule has 0 spiro atoms. The van der Waals surface area contributed by atoms with Crippen LogP contribution in [0.5, 0.6) is 0 Å². The van der Waals surface area contributed by atoms with Crippen molar-refractivity contribution in [1.82, 2.24) is 10.2 Å². The number of aryl methyl sites for hydroxylation is 2. The van der Waals surface area contributed by atoms with Crippen molar-refractivity contribution in [3.63, 3.8) is 0 Å². The molecule has 2 N–H and O–H groups in total. The maximum atomic E-state index is 13.3. The minimum atomic E-state index is -1.09. The average molecular weight is 441 g/mol. The van der Waals surface area contributed by atoms with Gasteiger partial charge in [-0.15, -0.1) is 0 Å². The summed E-state index contributed by atoms with van der Waals surface area (Å²) >= 11 is 0. The Labute approximate surface area is 191 Å². The van der Waals surface area contributed by atoms with E-state index in [1.807, 2.05) is 24.3 Å². The third-order valence-corrected chi connectivity index (χ3v) is 5.09. The predicted octanol–water partition coefficient (Wildman–Crippen LogP) is 4.23. The second-order valence-corrected chi connectivity index (χ2v) is 8.92. The molecule has 0 aliphatic heterocycles. The SMILES string of the molecule is CCc1ccc(CN(Cc2ccc(CC)cc2)C(=O)[C@H](CO)NC(=O)OC(C)(C)C)cc1. The van der Waals surface area contributed by atoms with E-state index in [0.29, 0.717) is 13.1 Å². The molecule has 0 aliphatic rings. The van der Waals surface area contributed by atoms with Crippen molar-refractivity contribution in [2.45, 2.75) is 72.2 Å². The van der Waals surface area contributed by atoms with E-state index in [4.69, 9.17) is 4.74 Å². The van der Waals surface area contributed by atoms with Gasteiger partial charge in [0.2, 0.25) is 5.91 Å². The number of amides is 2. The molecule has 2 amide bonds. The number of hydrogen-bond donors (Lipinski definition) is 2. The van der Waals surface area contributed by atoms with Crippen LogP contribution in [0.15, 0.2) is 48.5 Å². The van der Waals surface area contributed by atoms with E-state index in [0.717, 1.165) is 24.0 Å². The van der Waals surface area contributed by atoms with Gasteiger partial charge in [0.25, 0.3) is 0 Å². The van der Waals surface area contributed by atoms with Gasteiger partial charge in [0.05, 0.1) is 6.61 Å². The standard InChI is InChI=1S/C26H36N2O4/c1-6-19-8-12-21(13-9-19)16-28(17-22-14-10-20(7-2)11-15-22)24(30)23(18-29)27-25(31)32-26(3,4)5/h8-15,23,29H,6-7,16-18H2,1-5H3,(H,27,31)/t23-/m0/s1. The van der Waals surface area contributed by atoms with Gasteiger partial charge in [-0.3, -0.25) is 4.79 Å². The highest BCUT2D eigenvalue weighted by atomic mass is 16.6. The topological polar surface area (TPSA) is 78.9 Å². The number of nitrogens with zero attached hydrogens (tertiary/aromatic N) is 1. The van der Waals surface area contributed by atoms with Crippen LogP contribution in [0.4, 0.5) is 4.79 Å². The lowest BCUT2D eigenvalue weighted by Crippen LogP contribution is -2.51. The molecule has 0 aromatic heterocycles. The molecule has 0 unspecified atom stereocenters. The normalized spacial score (nSPS) is 12.2. The molecule has 0 fully saturated rings. The van der Waals surface area contributed by atoms with Crippen LogP contribution in [0.25, 0.3) is 0 Å². The number of rotatable bonds is 9. The fourth-order valence-electron chi connectivity index (χ4n) is 3.27. The van der Waals surface area contributed by atoms with Crippen molar-refractivity contribution in [1.29, 1.82) is 0 Å². The van der Waals surface area contributed by atoms with Gasteiger partial charge in [0.1, 0.15) is 11.6 Å². The van der Waals surface area contributed by atoms with E-state index in [9.17, 15) is 14.7 Å². The van der Waals surface area contributed by atoms with Crippen LogP contribution in [0, 0.1) is 0 Å². The average Bonchev–Trinajstić information content (AvgIpc) is 2.76. The minimum absolute atomic E-state index is 0.363. The number of aliphatic hydroxyl groups excluding tert-OH is 1. The fourth-order valence-corrected chi connectivity index (χ4v) is 3.27. The number of aliphatic hydroxyl groups is 1. The van der Waals surface area contributed by atoms with Crippen LogP contribution in [0.2, 0.25) is 0 Å². The van der Waals surface area contributed by atoms with Crippen LogP contribution < -0.4 is 5.32 Å². The van der Waals surface area contributed by atoms with Crippen molar-refractivity contribution in [3.05, 3.63) is 70.8 Å². The summed E-state index contributed by atoms with van der Waals surface area (Å²) in [6.45, 7) is 9.64. The molecule has 32 heavy (non-hydrogen) atoms. The first-order valence-corrected chi connectivity index (χ1v) is 11.2. The van der Waals surface area contributed by atoms with Crippen LogP contribution in [-0.4, -0.2) is 40.3 Å². The molecular weight excluding hydrogens is 404 g/mol. The molecule has 2 rings (SSSR count). The molecule has 6 heteroatoms. The summed E-state index contributed by atoms with van der Waals surface area (Å²) in [5.41, 5.74) is 3.71. The van der Waals surface area contributed by atoms with Gasteiger partial charge in [-0.2, -0.15) is 0 Å². The predicted molar refractivity (Wildman–Crippen MR) is 126 cm³/mol. The number of carbonyl (C=O) groups is 2. The van der Waals surface area contributed by atoms with E-state index < -0.39 is 24.3 Å². The fraction of sp³-hybridized carbons (Fsp3) is 0.462. The highest BCUT2D eigenvalue weighted by Gasteiger charge is 2.28. The highest BCUT2D eigenvalue weighted by Crippen LogP contribution is 2.15. The van der Waals surface area contributed by atoms with Crippen molar-refractivity contribution in [2.24, 2.45) is 0 Å². The van der Waals surface area contributed by atoms with Crippen molar-refractivity contribution < 1.29 is 19.4 Å². The largest absolute Gasteiger partial charge is 0.444 e. The second kappa shape index (κ2) is 11.7. The quantitative estimate of drug-likeness (QED) is 0.612. The summed E-state index contributed by atoms with van der Waals surface area (Å²) in [4.78, 5) is 27.2. The summed E-state index contributed by atoms with van der Waals surface area (Å²) in [6, 6.07) is 15.2. The van der Waals surface area contributed by atoms with Gasteiger partial charge < -0.3 is 20.1 Å². The number of nitrogens with one attached hydrogen (secondary N) is 1. The smallest absolute Gasteiger partial charge is 0.408 e. The van der Waals surface area contributed by atoms with Crippen molar-refractivity contribution in [3.8, 4) is 0 Å². The Kier molecular flexibility index (Phi) is 9.27. The number of benzene rings is 2. The van der Waals surface area contributed by atoms with Gasteiger partial charge in [0, 0.05) is 13.1 Å². The van der Waals surface area contributed by atoms with E-state index in [-0.39, 0.29) is 5.91 Å². The van der Waals surface area contributed by atoms with E-state index in [2.05, 4.69) is 43.4 Å². The maximum Gasteiger partial charge on any atom is 0.408 e. The number of carbonyl (C=O) groups excluding carboxylic acids is 2. The Morgan fingerprint density at radius 1 is 0.875 bits per heavy atom. The van der Waals surface area contributed by atoms with E-state index >= 15 is 0 Å². The van der Waals surface area contributed by atoms with Gasteiger partial charge in [-0.1, -0.05) is 62.4 Å². The monoisotopic (exact) mass is 440 g/mol. The second-order valence-electron chi connectivity index (χ2n) is 8.92. The summed E-state index contributed by atoms with van der Waals surface area (Å²) in [6.07, 6.45) is 1.16. The first-order valence-electron chi connectivity index (χ1n) is 11.2. The van der Waals surface area contributed by atoms with Crippen molar-refractivity contribution >= 4 is 12.0 Å². The Hall–Kier alpha value is -2.86. The molecule has 0 saturated carbocycles. The van der Waals surface area contributed by atoms with E-state index in [1.165, 1.54) is 11.1 Å². The van der Waals surface area contributed by atoms with Crippen LogP contribution >= 0.6 is 0 Å². The summed E-state index contributed by atoms with van der Waals surface area (Å²) in [5, 5.41) is 12.4. The lowest BCUT2D eigenvalue weighted by atomic mass is 10.1. The lowest BCUT2D eigenvalue weighted by Gasteiger charge is -2.28. The van der Waals surface area contributed by atoms with Gasteiger partial charge in [0.15, 0.2) is 0 Å². The van der Waals surface area contributed by atoms with Crippen LogP contribution in [-0.2, 0) is 35.5 Å². The molecule has 0 aliphatic carbocycles. The number of alkyl carbamates (subject to hydrolysis) is 1. The minimum Gasteiger partial charge on any atom is -0.444 e. The third kappa shape index (κ3) is 8.00. The molecular formula is C26H36N2O4. The third-order valence-electron chi connectivity index (χ3n) is 5.09. The zero-order chi connectivity index (χ0) is 23.7. The first kappa shape index (κ1) is 25.4. The number of hydrogen-bond acceptors (Lipinski definition) is 4. The Bertz CT molecular complexity index is 821. The molecule has 2 aromatic carbocycles. The molecule has 2 aromatic rings. The van der Waals surface area contributed by atoms with Gasteiger partial charge in [-0.05, 0) is 55.9 Å². The van der Waals surface area contributed by atoms with Crippen molar-refractivity contribution in [2.75, 3.05) is 6.61 Å². The molecule has 1 atom stereocenters. The zero-order valence-corrected chi connectivity index (χ0v) is 19.9. The summed E-state index contributed by atoms with van der Waals surface area (Å²) in [7, 11) is 0. The molecule has 0 radical (unpaired) electrons. The van der Waals surface area contributed by atoms with Gasteiger partial charge >= 0.3 is 6.09 Å². The molecule has 0 bridgehead atoms. The summed E-state index contributed by atoms with van der Waals surface area (Å²) in [5.74, 6) is -0.363. The van der Waals surface area contributed by atoms with Gasteiger partial charge in [-0.25, -0.2) is 4.79 Å². The zero-order valence-electron chi connectivity index (χ0n) is 19.9. The summed E-state index contributed by atoms with van der Waals surface area (Å²) < 4.78 is 5.26. The highest BCUT2D eigenvalue weighted by molar-refractivity contribution is 5.86. The van der Waals surface area contributed by atoms with E-state index in [1.54, 1.807) is 25.7 Å². The molecule has 6 nitrogen and oxygen atoms in total. The Morgan fingerprint density at radius 3 is 1.62 bits per heavy atom. The Balaban J connectivity index is 2.22. The molecule has 0 saturated heterocycles. The Morgan fingerprint density at radius 2 is 1.28 bits per heavy atom. The van der Waals surface area contributed by atoms with Crippen LogP contribution in [0.1, 0.15) is 56.9 Å². The lowest BCUT2D eigenvalue weighted by molar-refractivity contribution is -0.135. The molecule has 0 heterocycles. The first-order chi connectivity index (χ1) is 15.1. The maximum absolute atomic E-state index is 13.3. The molecule has 174 valence electrons. The number of ether oxygens (including phenoxy) is 1.